The molecule has 0 spiro atoms. The van der Waals surface area contributed by atoms with Gasteiger partial charge in [0.1, 0.15) is 18.1 Å². The highest BCUT2D eigenvalue weighted by atomic mass is 16.5. The van der Waals surface area contributed by atoms with Gasteiger partial charge in [0.05, 0.1) is 5.56 Å². The summed E-state index contributed by atoms with van der Waals surface area (Å²) < 4.78 is 5.56. The predicted octanol–water partition coefficient (Wildman–Crippen LogP) is 3.09. The van der Waals surface area contributed by atoms with Crippen LogP contribution in [0.25, 0.3) is 0 Å². The van der Waals surface area contributed by atoms with E-state index in [1.54, 1.807) is 30.3 Å². The van der Waals surface area contributed by atoms with Crippen molar-refractivity contribution in [1.29, 1.82) is 0 Å². The average molecular weight is 242 g/mol. The monoisotopic (exact) mass is 242 g/mol. The molecule has 3 heteroatoms. The van der Waals surface area contributed by atoms with E-state index < -0.39 is 0 Å². The van der Waals surface area contributed by atoms with Crippen molar-refractivity contribution in [3.63, 3.8) is 0 Å². The fraction of sp³-hybridized carbons (Fsp3) is 0.133. The summed E-state index contributed by atoms with van der Waals surface area (Å²) in [6.07, 6.45) is 0.755. The molecule has 0 bridgehead atoms. The lowest BCUT2D eigenvalue weighted by Gasteiger charge is -2.10. The molecule has 2 rings (SSSR count). The van der Waals surface area contributed by atoms with Crippen molar-refractivity contribution < 1.29 is 14.6 Å². The number of phenols is 1. The highest BCUT2D eigenvalue weighted by molar-refractivity contribution is 5.79. The fourth-order valence-corrected chi connectivity index (χ4v) is 1.70. The molecule has 0 radical (unpaired) electrons. The Morgan fingerprint density at radius 3 is 2.72 bits per heavy atom. The third kappa shape index (κ3) is 2.51. The Morgan fingerprint density at radius 2 is 1.94 bits per heavy atom. The van der Waals surface area contributed by atoms with Crippen molar-refractivity contribution >= 4 is 6.29 Å². The first kappa shape index (κ1) is 12.2. The van der Waals surface area contributed by atoms with E-state index >= 15 is 0 Å². The molecule has 0 aromatic heterocycles. The lowest BCUT2D eigenvalue weighted by atomic mass is 10.1. The van der Waals surface area contributed by atoms with Gasteiger partial charge in [-0.3, -0.25) is 4.79 Å². The summed E-state index contributed by atoms with van der Waals surface area (Å²) in [4.78, 5) is 10.8. The molecule has 2 aromatic rings. The molecule has 0 aliphatic heterocycles. The van der Waals surface area contributed by atoms with Crippen molar-refractivity contribution in [3.8, 4) is 11.5 Å². The van der Waals surface area contributed by atoms with E-state index in [-0.39, 0.29) is 12.4 Å². The second-order valence-electron chi connectivity index (χ2n) is 4.03. The molecule has 2 aromatic carbocycles. The van der Waals surface area contributed by atoms with Gasteiger partial charge in [-0.15, -0.1) is 0 Å². The molecule has 0 unspecified atom stereocenters. The number of hydrogen-bond acceptors (Lipinski definition) is 3. The van der Waals surface area contributed by atoms with E-state index in [4.69, 9.17) is 4.74 Å². The standard InChI is InChI=1S/C15H14O3/c1-11-5-4-7-13(15(11)17)10-18-14-8-3-2-6-12(14)9-16/h2-9,17H,10H2,1H3. The minimum atomic E-state index is 0.234. The molecule has 3 nitrogen and oxygen atoms in total. The number of aromatic hydroxyl groups is 1. The number of para-hydroxylation sites is 2. The minimum Gasteiger partial charge on any atom is -0.507 e. The fourth-order valence-electron chi connectivity index (χ4n) is 1.70. The summed E-state index contributed by atoms with van der Waals surface area (Å²) in [5.41, 5.74) is 2.01. The van der Waals surface area contributed by atoms with Crippen LogP contribution < -0.4 is 4.74 Å². The summed E-state index contributed by atoms with van der Waals surface area (Å²) >= 11 is 0. The van der Waals surface area contributed by atoms with Crippen LogP contribution in [0.1, 0.15) is 21.5 Å². The van der Waals surface area contributed by atoms with Crippen molar-refractivity contribution in [1.82, 2.24) is 0 Å². The lowest BCUT2D eigenvalue weighted by Crippen LogP contribution is -1.99. The van der Waals surface area contributed by atoms with Crippen molar-refractivity contribution in [2.45, 2.75) is 13.5 Å². The number of aryl methyl sites for hydroxylation is 1. The van der Waals surface area contributed by atoms with Gasteiger partial charge in [0.15, 0.2) is 6.29 Å². The highest BCUT2D eigenvalue weighted by Crippen LogP contribution is 2.24. The Balaban J connectivity index is 2.16. The van der Waals surface area contributed by atoms with Gasteiger partial charge in [-0.25, -0.2) is 0 Å². The van der Waals surface area contributed by atoms with Gasteiger partial charge in [0, 0.05) is 5.56 Å². The average Bonchev–Trinajstić information content (AvgIpc) is 2.41. The quantitative estimate of drug-likeness (QED) is 0.838. The van der Waals surface area contributed by atoms with Crippen molar-refractivity contribution in [3.05, 3.63) is 59.2 Å². The van der Waals surface area contributed by atoms with Crippen LogP contribution in [0.5, 0.6) is 11.5 Å². The first-order valence-corrected chi connectivity index (χ1v) is 5.67. The largest absolute Gasteiger partial charge is 0.507 e. The molecular formula is C15H14O3. The number of aldehydes is 1. The van der Waals surface area contributed by atoms with Crippen LogP contribution in [0.2, 0.25) is 0 Å². The molecule has 0 aliphatic rings. The van der Waals surface area contributed by atoms with Crippen LogP contribution in [-0.2, 0) is 6.61 Å². The maximum atomic E-state index is 10.8. The first-order valence-electron chi connectivity index (χ1n) is 5.67. The molecule has 0 amide bonds. The van der Waals surface area contributed by atoms with Gasteiger partial charge < -0.3 is 9.84 Å². The van der Waals surface area contributed by atoms with Gasteiger partial charge in [0.2, 0.25) is 0 Å². The second-order valence-corrected chi connectivity index (χ2v) is 4.03. The molecule has 0 saturated heterocycles. The lowest BCUT2D eigenvalue weighted by molar-refractivity contribution is 0.111. The van der Waals surface area contributed by atoms with Crippen LogP contribution in [-0.4, -0.2) is 11.4 Å². The van der Waals surface area contributed by atoms with E-state index in [9.17, 15) is 9.90 Å². The molecule has 0 fully saturated rings. The predicted molar refractivity (Wildman–Crippen MR) is 69.0 cm³/mol. The van der Waals surface area contributed by atoms with Gasteiger partial charge >= 0.3 is 0 Å². The molecule has 92 valence electrons. The summed E-state index contributed by atoms with van der Waals surface area (Å²) in [5.74, 6) is 0.759. The topological polar surface area (TPSA) is 46.5 Å². The maximum absolute atomic E-state index is 10.8. The SMILES string of the molecule is Cc1cccc(COc2ccccc2C=O)c1O. The Bertz CT molecular complexity index is 561. The second kappa shape index (κ2) is 5.36. The number of carbonyl (C=O) groups excluding carboxylic acids is 1. The summed E-state index contributed by atoms with van der Waals surface area (Å²) in [6.45, 7) is 2.07. The summed E-state index contributed by atoms with van der Waals surface area (Å²) in [5, 5.41) is 9.85. The molecule has 0 heterocycles. The molecule has 0 saturated carbocycles. The third-order valence-electron chi connectivity index (χ3n) is 2.75. The van der Waals surface area contributed by atoms with Crippen LogP contribution in [0.15, 0.2) is 42.5 Å². The minimum absolute atomic E-state index is 0.234. The van der Waals surface area contributed by atoms with E-state index in [1.807, 2.05) is 19.1 Å². The Labute approximate surface area is 106 Å². The Morgan fingerprint density at radius 1 is 1.17 bits per heavy atom. The number of benzene rings is 2. The molecule has 18 heavy (non-hydrogen) atoms. The number of hydrogen-bond donors (Lipinski definition) is 1. The highest BCUT2D eigenvalue weighted by Gasteiger charge is 2.06. The Hall–Kier alpha value is -2.29. The van der Waals surface area contributed by atoms with Gasteiger partial charge in [-0.05, 0) is 24.6 Å². The van der Waals surface area contributed by atoms with Crippen molar-refractivity contribution in [2.24, 2.45) is 0 Å². The number of rotatable bonds is 4. The van der Waals surface area contributed by atoms with Gasteiger partial charge in [0.25, 0.3) is 0 Å². The summed E-state index contributed by atoms with van der Waals surface area (Å²) in [6, 6.07) is 12.5. The molecule has 0 atom stereocenters. The van der Waals surface area contributed by atoms with Gasteiger partial charge in [-0.1, -0.05) is 30.3 Å². The van der Waals surface area contributed by atoms with Gasteiger partial charge in [-0.2, -0.15) is 0 Å². The van der Waals surface area contributed by atoms with Crippen LogP contribution in [0.3, 0.4) is 0 Å². The third-order valence-corrected chi connectivity index (χ3v) is 2.75. The van der Waals surface area contributed by atoms with E-state index in [0.717, 1.165) is 11.8 Å². The van der Waals surface area contributed by atoms with Crippen LogP contribution in [0.4, 0.5) is 0 Å². The summed E-state index contributed by atoms with van der Waals surface area (Å²) in [7, 11) is 0. The van der Waals surface area contributed by atoms with Crippen molar-refractivity contribution in [2.75, 3.05) is 0 Å². The molecule has 0 aliphatic carbocycles. The number of ether oxygens (including phenoxy) is 1. The van der Waals surface area contributed by atoms with E-state index in [2.05, 4.69) is 0 Å². The van der Waals surface area contributed by atoms with E-state index in [1.165, 1.54) is 0 Å². The van der Waals surface area contributed by atoms with Crippen LogP contribution in [0, 0.1) is 6.92 Å². The zero-order valence-corrected chi connectivity index (χ0v) is 10.1. The maximum Gasteiger partial charge on any atom is 0.153 e. The number of carbonyl (C=O) groups is 1. The Kier molecular flexibility index (Phi) is 3.63. The smallest absolute Gasteiger partial charge is 0.153 e. The zero-order chi connectivity index (χ0) is 13.0. The zero-order valence-electron chi connectivity index (χ0n) is 10.1. The number of phenolic OH excluding ortho intramolecular Hbond substituents is 1. The first-order chi connectivity index (χ1) is 8.72. The normalized spacial score (nSPS) is 10.1. The van der Waals surface area contributed by atoms with Crippen LogP contribution >= 0.6 is 0 Å². The molecular weight excluding hydrogens is 228 g/mol. The molecule has 1 N–H and O–H groups in total. The van der Waals surface area contributed by atoms with E-state index in [0.29, 0.717) is 16.9 Å².